The van der Waals surface area contributed by atoms with Crippen LogP contribution in [0.25, 0.3) is 0 Å². The van der Waals surface area contributed by atoms with E-state index in [4.69, 9.17) is 4.74 Å². The van der Waals surface area contributed by atoms with E-state index in [1.807, 2.05) is 0 Å². The number of phenols is 1. The maximum absolute atomic E-state index is 12.1. The summed E-state index contributed by atoms with van der Waals surface area (Å²) in [5.74, 6) is -0.736. The van der Waals surface area contributed by atoms with Gasteiger partial charge >= 0.3 is 5.69 Å². The Balaban J connectivity index is 2.24. The zero-order chi connectivity index (χ0) is 13.1. The third-order valence-corrected chi connectivity index (χ3v) is 2.72. The van der Waals surface area contributed by atoms with Gasteiger partial charge in [-0.15, -0.1) is 0 Å². The Kier molecular flexibility index (Phi) is 3.42. The van der Waals surface area contributed by atoms with Gasteiger partial charge in [-0.05, 0) is 12.1 Å². The van der Waals surface area contributed by atoms with E-state index < -0.39 is 16.4 Å². The average molecular weight is 252 g/mol. The number of hydrogen-bond donors (Lipinski definition) is 1. The molecule has 0 aromatic heterocycles. The summed E-state index contributed by atoms with van der Waals surface area (Å²) in [6, 6.07) is 3.62. The summed E-state index contributed by atoms with van der Waals surface area (Å²) in [4.78, 5) is 23.6. The second kappa shape index (κ2) is 5.01. The lowest BCUT2D eigenvalue weighted by Gasteiger charge is -2.26. The van der Waals surface area contributed by atoms with Gasteiger partial charge in [-0.2, -0.15) is 0 Å². The van der Waals surface area contributed by atoms with Crippen molar-refractivity contribution in [2.45, 2.75) is 0 Å². The monoisotopic (exact) mass is 252 g/mol. The number of nitro benzene ring substituents is 1. The molecule has 1 amide bonds. The van der Waals surface area contributed by atoms with Crippen molar-refractivity contribution in [3.05, 3.63) is 33.9 Å². The first kappa shape index (κ1) is 12.3. The van der Waals surface area contributed by atoms with Gasteiger partial charge in [0.25, 0.3) is 5.91 Å². The van der Waals surface area contributed by atoms with E-state index in [2.05, 4.69) is 0 Å². The summed E-state index contributed by atoms with van der Waals surface area (Å²) in [6.07, 6.45) is 0. The predicted molar refractivity (Wildman–Crippen MR) is 61.5 cm³/mol. The van der Waals surface area contributed by atoms with Crippen molar-refractivity contribution >= 4 is 11.6 Å². The van der Waals surface area contributed by atoms with Crippen LogP contribution in [0.1, 0.15) is 10.4 Å². The van der Waals surface area contributed by atoms with Crippen LogP contribution >= 0.6 is 0 Å². The zero-order valence-corrected chi connectivity index (χ0v) is 9.54. The fraction of sp³-hybridized carbons (Fsp3) is 0.364. The highest BCUT2D eigenvalue weighted by molar-refractivity contribution is 5.95. The minimum atomic E-state index is -0.717. The number of hydrogen-bond acceptors (Lipinski definition) is 5. The second-order valence-electron chi connectivity index (χ2n) is 3.87. The third kappa shape index (κ3) is 2.40. The maximum Gasteiger partial charge on any atom is 0.311 e. The highest BCUT2D eigenvalue weighted by Crippen LogP contribution is 2.26. The van der Waals surface area contributed by atoms with E-state index in [0.717, 1.165) is 12.1 Å². The van der Waals surface area contributed by atoms with Gasteiger partial charge in [-0.3, -0.25) is 14.9 Å². The largest absolute Gasteiger partial charge is 0.502 e. The number of nitro groups is 1. The van der Waals surface area contributed by atoms with Crippen molar-refractivity contribution in [1.82, 2.24) is 4.90 Å². The third-order valence-electron chi connectivity index (χ3n) is 2.72. The molecule has 0 bridgehead atoms. The molecule has 1 aromatic carbocycles. The zero-order valence-electron chi connectivity index (χ0n) is 9.54. The molecular formula is C11H12N2O5. The Hall–Kier alpha value is -2.15. The Morgan fingerprint density at radius 1 is 1.39 bits per heavy atom. The lowest BCUT2D eigenvalue weighted by atomic mass is 10.1. The summed E-state index contributed by atoms with van der Waals surface area (Å²) < 4.78 is 5.12. The summed E-state index contributed by atoms with van der Waals surface area (Å²) in [5.41, 5.74) is -0.268. The number of amides is 1. The highest BCUT2D eigenvalue weighted by Gasteiger charge is 2.22. The summed E-state index contributed by atoms with van der Waals surface area (Å²) >= 11 is 0. The van der Waals surface area contributed by atoms with Crippen LogP contribution in [0, 0.1) is 10.1 Å². The topological polar surface area (TPSA) is 92.9 Å². The number of aromatic hydroxyl groups is 1. The molecule has 2 rings (SSSR count). The summed E-state index contributed by atoms with van der Waals surface area (Å²) in [5, 5.41) is 20.0. The van der Waals surface area contributed by atoms with Crippen LogP contribution in [0.4, 0.5) is 5.69 Å². The van der Waals surface area contributed by atoms with Crippen LogP contribution in [-0.4, -0.2) is 47.1 Å². The number of morpholine rings is 1. The summed E-state index contributed by atoms with van der Waals surface area (Å²) in [7, 11) is 0. The van der Waals surface area contributed by atoms with Gasteiger partial charge < -0.3 is 14.7 Å². The lowest BCUT2D eigenvalue weighted by molar-refractivity contribution is -0.385. The van der Waals surface area contributed by atoms with Gasteiger partial charge in [0.1, 0.15) is 0 Å². The normalized spacial score (nSPS) is 15.4. The molecule has 1 aliphatic rings. The molecule has 1 saturated heterocycles. The van der Waals surface area contributed by atoms with Crippen LogP contribution in [0.15, 0.2) is 18.2 Å². The molecule has 0 atom stereocenters. The first-order valence-corrected chi connectivity index (χ1v) is 5.44. The van der Waals surface area contributed by atoms with Crippen molar-refractivity contribution in [2.24, 2.45) is 0 Å². The molecule has 18 heavy (non-hydrogen) atoms. The number of ether oxygens (including phenoxy) is 1. The molecule has 0 radical (unpaired) electrons. The lowest BCUT2D eigenvalue weighted by Crippen LogP contribution is -2.40. The number of benzene rings is 1. The highest BCUT2D eigenvalue weighted by atomic mass is 16.6. The predicted octanol–water partition coefficient (Wildman–Crippen LogP) is 0.773. The molecular weight excluding hydrogens is 240 g/mol. The fourth-order valence-corrected chi connectivity index (χ4v) is 1.75. The van der Waals surface area contributed by atoms with Crippen molar-refractivity contribution in [2.75, 3.05) is 26.3 Å². The molecule has 7 heteroatoms. The van der Waals surface area contributed by atoms with Gasteiger partial charge in [-0.25, -0.2) is 0 Å². The molecule has 1 N–H and O–H groups in total. The van der Waals surface area contributed by atoms with Gasteiger partial charge in [0.05, 0.1) is 18.1 Å². The van der Waals surface area contributed by atoms with Gasteiger partial charge in [-0.1, -0.05) is 0 Å². The van der Waals surface area contributed by atoms with Crippen LogP contribution in [0.5, 0.6) is 5.75 Å². The van der Waals surface area contributed by atoms with E-state index in [0.29, 0.717) is 26.3 Å². The molecule has 96 valence electrons. The number of rotatable bonds is 2. The Bertz CT molecular complexity index is 482. The number of phenolic OH excluding ortho intramolecular Hbond substituents is 1. The smallest absolute Gasteiger partial charge is 0.311 e. The maximum atomic E-state index is 12.1. The number of carbonyl (C=O) groups excluding carboxylic acids is 1. The number of nitrogens with zero attached hydrogens (tertiary/aromatic N) is 2. The van der Waals surface area contributed by atoms with E-state index in [1.165, 1.54) is 6.07 Å². The minimum absolute atomic E-state index is 0.196. The molecule has 0 spiro atoms. The summed E-state index contributed by atoms with van der Waals surface area (Å²) in [6.45, 7) is 1.86. The first-order valence-electron chi connectivity index (χ1n) is 5.44. The first-order chi connectivity index (χ1) is 8.59. The van der Waals surface area contributed by atoms with Crippen molar-refractivity contribution in [3.8, 4) is 5.75 Å². The van der Waals surface area contributed by atoms with E-state index in [9.17, 15) is 20.0 Å². The Labute approximate surface area is 103 Å². The Morgan fingerprint density at radius 3 is 2.67 bits per heavy atom. The molecule has 0 saturated carbocycles. The SMILES string of the molecule is O=C(c1ccc(O)c([N+](=O)[O-])c1)N1CCOCC1. The molecule has 1 aromatic rings. The number of carbonyl (C=O) groups is 1. The van der Waals surface area contributed by atoms with E-state index in [-0.39, 0.29) is 11.5 Å². The molecule has 0 aliphatic carbocycles. The molecule has 1 heterocycles. The van der Waals surface area contributed by atoms with Crippen LogP contribution in [-0.2, 0) is 4.74 Å². The van der Waals surface area contributed by atoms with Crippen LogP contribution in [0.2, 0.25) is 0 Å². The molecule has 0 unspecified atom stereocenters. The molecule has 1 aliphatic heterocycles. The van der Waals surface area contributed by atoms with Crippen molar-refractivity contribution in [3.63, 3.8) is 0 Å². The van der Waals surface area contributed by atoms with E-state index >= 15 is 0 Å². The van der Waals surface area contributed by atoms with Gasteiger partial charge in [0, 0.05) is 24.7 Å². The quantitative estimate of drug-likeness (QED) is 0.620. The van der Waals surface area contributed by atoms with Crippen LogP contribution in [0.3, 0.4) is 0 Å². The minimum Gasteiger partial charge on any atom is -0.502 e. The fourth-order valence-electron chi connectivity index (χ4n) is 1.75. The Morgan fingerprint density at radius 2 is 2.06 bits per heavy atom. The molecule has 1 fully saturated rings. The average Bonchev–Trinajstić information content (AvgIpc) is 2.39. The second-order valence-corrected chi connectivity index (χ2v) is 3.87. The molecule has 7 nitrogen and oxygen atoms in total. The van der Waals surface area contributed by atoms with Gasteiger partial charge in [0.2, 0.25) is 0 Å². The van der Waals surface area contributed by atoms with Crippen molar-refractivity contribution < 1.29 is 19.6 Å². The van der Waals surface area contributed by atoms with Crippen LogP contribution < -0.4 is 0 Å². The van der Waals surface area contributed by atoms with E-state index in [1.54, 1.807) is 4.90 Å². The standard InChI is InChI=1S/C11H12N2O5/c14-10-2-1-8(7-9(10)13(16)17)11(15)12-3-5-18-6-4-12/h1-2,7,14H,3-6H2. The van der Waals surface area contributed by atoms with Crippen molar-refractivity contribution in [1.29, 1.82) is 0 Å². The van der Waals surface area contributed by atoms with Gasteiger partial charge in [0.15, 0.2) is 5.75 Å².